The highest BCUT2D eigenvalue weighted by Gasteiger charge is 2.53. The third kappa shape index (κ3) is 4.72. The first-order chi connectivity index (χ1) is 13.9. The summed E-state index contributed by atoms with van der Waals surface area (Å²) in [5.74, 6) is 1.43. The fourth-order valence-electron chi connectivity index (χ4n) is 5.96. The molecule has 4 saturated carbocycles. The van der Waals surface area contributed by atoms with Gasteiger partial charge in [-0.1, -0.05) is 18.2 Å². The number of carbonyl (C=O) groups excluding carboxylic acids is 2. The van der Waals surface area contributed by atoms with Crippen molar-refractivity contribution in [2.24, 2.45) is 23.5 Å². The Balaban J connectivity index is 0.00000256. The summed E-state index contributed by atoms with van der Waals surface area (Å²) in [6.45, 7) is 0. The predicted octanol–water partition coefficient (Wildman–Crippen LogP) is 3.17. The SMILES string of the molecule is COC(=O)C(Cc1cccc(C(=N)N)c1)NC(=O)OC12CC3CC(CC(C3)C1)C2.Cl. The van der Waals surface area contributed by atoms with Crippen molar-refractivity contribution in [2.45, 2.75) is 56.6 Å². The van der Waals surface area contributed by atoms with Gasteiger partial charge in [-0.05, 0) is 67.9 Å². The average molecular weight is 436 g/mol. The Labute approximate surface area is 183 Å². The minimum Gasteiger partial charge on any atom is -0.467 e. The summed E-state index contributed by atoms with van der Waals surface area (Å²) in [4.78, 5) is 25.0. The summed E-state index contributed by atoms with van der Waals surface area (Å²) in [5, 5.41) is 10.3. The number of nitrogen functional groups attached to an aromatic ring is 1. The monoisotopic (exact) mass is 435 g/mol. The Bertz CT molecular complexity index is 793. The van der Waals surface area contributed by atoms with E-state index in [1.165, 1.54) is 26.4 Å². The van der Waals surface area contributed by atoms with Crippen LogP contribution in [0.5, 0.6) is 0 Å². The lowest BCUT2D eigenvalue weighted by Crippen LogP contribution is -2.55. The third-order valence-electron chi connectivity index (χ3n) is 6.75. The largest absolute Gasteiger partial charge is 0.467 e. The maximum atomic E-state index is 12.7. The van der Waals surface area contributed by atoms with E-state index in [0.717, 1.165) is 24.8 Å². The number of ether oxygens (including phenoxy) is 2. The van der Waals surface area contributed by atoms with E-state index in [2.05, 4.69) is 5.32 Å². The molecule has 4 N–H and O–H groups in total. The van der Waals surface area contributed by atoms with Crippen LogP contribution >= 0.6 is 12.4 Å². The molecule has 0 aromatic heterocycles. The van der Waals surface area contributed by atoms with Crippen LogP contribution in [0, 0.1) is 23.2 Å². The van der Waals surface area contributed by atoms with Crippen LogP contribution in [0.1, 0.15) is 49.7 Å². The molecule has 0 heterocycles. The Hall–Kier alpha value is -2.28. The quantitative estimate of drug-likeness (QED) is 0.360. The molecule has 4 aliphatic carbocycles. The smallest absolute Gasteiger partial charge is 0.408 e. The number of amides is 1. The van der Waals surface area contributed by atoms with Crippen LogP contribution < -0.4 is 11.1 Å². The summed E-state index contributed by atoms with van der Waals surface area (Å²) in [6, 6.07) is 6.21. The number of methoxy groups -OCH3 is 1. The molecule has 1 unspecified atom stereocenters. The lowest BCUT2D eigenvalue weighted by molar-refractivity contribution is -0.144. The van der Waals surface area contributed by atoms with E-state index in [4.69, 9.17) is 20.6 Å². The van der Waals surface area contributed by atoms with Gasteiger partial charge in [-0.2, -0.15) is 0 Å². The number of carbonyl (C=O) groups is 2. The molecule has 8 heteroatoms. The molecular formula is C22H30ClN3O4. The molecule has 1 amide bonds. The van der Waals surface area contributed by atoms with Crippen LogP contribution in [0.4, 0.5) is 4.79 Å². The molecule has 1 atom stereocenters. The van der Waals surface area contributed by atoms with Crippen molar-refractivity contribution in [2.75, 3.05) is 7.11 Å². The Morgan fingerprint density at radius 3 is 2.33 bits per heavy atom. The maximum Gasteiger partial charge on any atom is 0.408 e. The number of nitrogens with one attached hydrogen (secondary N) is 2. The van der Waals surface area contributed by atoms with Gasteiger partial charge >= 0.3 is 12.1 Å². The van der Waals surface area contributed by atoms with E-state index in [0.29, 0.717) is 23.3 Å². The topological polar surface area (TPSA) is 115 Å². The molecule has 5 rings (SSSR count). The minimum atomic E-state index is -0.858. The highest BCUT2D eigenvalue weighted by Crippen LogP contribution is 2.57. The van der Waals surface area contributed by atoms with E-state index in [1.54, 1.807) is 18.2 Å². The van der Waals surface area contributed by atoms with Gasteiger partial charge in [-0.25, -0.2) is 9.59 Å². The van der Waals surface area contributed by atoms with Crippen molar-refractivity contribution in [3.63, 3.8) is 0 Å². The minimum absolute atomic E-state index is 0. The van der Waals surface area contributed by atoms with Crippen molar-refractivity contribution >= 4 is 30.3 Å². The van der Waals surface area contributed by atoms with E-state index < -0.39 is 18.1 Å². The van der Waals surface area contributed by atoms with Crippen molar-refractivity contribution in [1.82, 2.24) is 5.32 Å². The lowest BCUT2D eigenvalue weighted by Gasteiger charge is -2.55. The number of hydrogen-bond acceptors (Lipinski definition) is 5. The molecule has 1 aromatic rings. The van der Waals surface area contributed by atoms with E-state index >= 15 is 0 Å². The number of nitrogens with two attached hydrogens (primary N) is 1. The summed E-state index contributed by atoms with van der Waals surface area (Å²) >= 11 is 0. The van der Waals surface area contributed by atoms with Crippen molar-refractivity contribution < 1.29 is 19.1 Å². The first kappa shape index (κ1) is 22.4. The molecule has 0 spiro atoms. The highest BCUT2D eigenvalue weighted by atomic mass is 35.5. The first-order valence-corrected chi connectivity index (χ1v) is 10.4. The number of benzene rings is 1. The number of amidine groups is 1. The number of alkyl carbamates (subject to hydrolysis) is 1. The summed E-state index contributed by atoms with van der Waals surface area (Å²) < 4.78 is 10.8. The molecule has 4 fully saturated rings. The molecule has 7 nitrogen and oxygen atoms in total. The Morgan fingerprint density at radius 2 is 1.80 bits per heavy atom. The second kappa shape index (κ2) is 8.84. The van der Waals surface area contributed by atoms with Gasteiger partial charge in [0, 0.05) is 12.0 Å². The standard InChI is InChI=1S/C22H29N3O4.ClH/c1-28-20(26)18(9-13-3-2-4-17(8-13)19(23)24)25-21(27)29-22-10-14-5-15(11-22)7-16(6-14)12-22;/h2-4,8,14-16,18H,5-7,9-12H2,1H3,(H3,23,24)(H,25,27);1H. The third-order valence-corrected chi connectivity index (χ3v) is 6.75. The molecule has 0 aliphatic heterocycles. The summed E-state index contributed by atoms with van der Waals surface area (Å²) in [6.07, 6.45) is 6.31. The van der Waals surface area contributed by atoms with E-state index in [9.17, 15) is 9.59 Å². The molecule has 4 bridgehead atoms. The van der Waals surface area contributed by atoms with Gasteiger partial charge in [-0.3, -0.25) is 5.41 Å². The average Bonchev–Trinajstić information content (AvgIpc) is 2.65. The van der Waals surface area contributed by atoms with Crippen LogP contribution in [0.2, 0.25) is 0 Å². The molecule has 0 saturated heterocycles. The van der Waals surface area contributed by atoms with Gasteiger partial charge in [-0.15, -0.1) is 12.4 Å². The number of esters is 1. The van der Waals surface area contributed by atoms with Crippen LogP contribution in [-0.4, -0.2) is 36.7 Å². The molecule has 4 aliphatic rings. The van der Waals surface area contributed by atoms with Crippen LogP contribution in [0.25, 0.3) is 0 Å². The molecule has 1 aromatic carbocycles. The van der Waals surface area contributed by atoms with Gasteiger partial charge in [0.2, 0.25) is 0 Å². The van der Waals surface area contributed by atoms with Crippen LogP contribution in [0.3, 0.4) is 0 Å². The fraction of sp³-hybridized carbons (Fsp3) is 0.591. The zero-order valence-electron chi connectivity index (χ0n) is 17.2. The van der Waals surface area contributed by atoms with Crippen molar-refractivity contribution in [1.29, 1.82) is 5.41 Å². The van der Waals surface area contributed by atoms with E-state index in [-0.39, 0.29) is 30.3 Å². The van der Waals surface area contributed by atoms with Gasteiger partial charge in [0.1, 0.15) is 17.5 Å². The van der Waals surface area contributed by atoms with Gasteiger partial charge < -0.3 is 20.5 Å². The fourth-order valence-corrected chi connectivity index (χ4v) is 5.96. The van der Waals surface area contributed by atoms with Crippen LogP contribution in [-0.2, 0) is 20.7 Å². The normalized spacial score (nSPS) is 29.4. The Kier molecular flexibility index (Phi) is 6.60. The second-order valence-electron chi connectivity index (χ2n) is 9.03. The molecule has 30 heavy (non-hydrogen) atoms. The summed E-state index contributed by atoms with van der Waals surface area (Å²) in [7, 11) is 1.30. The predicted molar refractivity (Wildman–Crippen MR) is 115 cm³/mol. The molecule has 0 radical (unpaired) electrons. The molecule has 164 valence electrons. The zero-order chi connectivity index (χ0) is 20.6. The maximum absolute atomic E-state index is 12.7. The highest BCUT2D eigenvalue weighted by molar-refractivity contribution is 5.95. The number of halogens is 1. The van der Waals surface area contributed by atoms with Crippen LogP contribution in [0.15, 0.2) is 24.3 Å². The van der Waals surface area contributed by atoms with Crippen molar-refractivity contribution in [3.05, 3.63) is 35.4 Å². The Morgan fingerprint density at radius 1 is 1.20 bits per heavy atom. The zero-order valence-corrected chi connectivity index (χ0v) is 18.0. The van der Waals surface area contributed by atoms with E-state index in [1.807, 2.05) is 6.07 Å². The second-order valence-corrected chi connectivity index (χ2v) is 9.03. The van der Waals surface area contributed by atoms with Gasteiger partial charge in [0.15, 0.2) is 0 Å². The molecular weight excluding hydrogens is 406 g/mol. The summed E-state index contributed by atoms with van der Waals surface area (Å²) in [5.41, 5.74) is 6.53. The number of hydrogen-bond donors (Lipinski definition) is 3. The van der Waals surface area contributed by atoms with Gasteiger partial charge in [0.05, 0.1) is 7.11 Å². The lowest BCUT2D eigenvalue weighted by atomic mass is 9.54. The number of rotatable bonds is 6. The first-order valence-electron chi connectivity index (χ1n) is 10.4. The van der Waals surface area contributed by atoms with Crippen molar-refractivity contribution in [3.8, 4) is 0 Å². The van der Waals surface area contributed by atoms with Gasteiger partial charge in [0.25, 0.3) is 0 Å².